The molecule has 1 saturated heterocycles. The summed E-state index contributed by atoms with van der Waals surface area (Å²) in [5, 5.41) is 0. The molecule has 1 fully saturated rings. The minimum atomic E-state index is -0.495. The molecule has 2 N–H and O–H groups in total. The van der Waals surface area contributed by atoms with Gasteiger partial charge in [0.2, 0.25) is 5.91 Å². The van der Waals surface area contributed by atoms with Crippen LogP contribution in [0.3, 0.4) is 0 Å². The van der Waals surface area contributed by atoms with Gasteiger partial charge in [-0.2, -0.15) is 0 Å². The molecule has 1 aliphatic rings. The summed E-state index contributed by atoms with van der Waals surface area (Å²) in [6, 6.07) is 8.06. The Morgan fingerprint density at radius 3 is 2.45 bits per heavy atom. The zero-order valence-corrected chi connectivity index (χ0v) is 13.0. The molecule has 0 radical (unpaired) electrons. The van der Waals surface area contributed by atoms with Crippen molar-refractivity contribution in [3.8, 4) is 0 Å². The first kappa shape index (κ1) is 14.9. The summed E-state index contributed by atoms with van der Waals surface area (Å²) in [4.78, 5) is 15.0. The maximum atomic E-state index is 13.0. The first-order valence-electron chi connectivity index (χ1n) is 7.51. The van der Waals surface area contributed by atoms with Gasteiger partial charge < -0.3 is 10.6 Å². The van der Waals surface area contributed by atoms with E-state index in [0.717, 1.165) is 30.6 Å². The van der Waals surface area contributed by atoms with Gasteiger partial charge in [-0.15, -0.1) is 0 Å². The van der Waals surface area contributed by atoms with E-state index in [1.54, 1.807) is 0 Å². The van der Waals surface area contributed by atoms with Gasteiger partial charge in [0.1, 0.15) is 0 Å². The van der Waals surface area contributed by atoms with Crippen molar-refractivity contribution in [2.45, 2.75) is 52.0 Å². The number of amides is 1. The SMILES string of the molecule is CC(C)C1CCCN1C(=O)C(C)(C)c1ccc(N)cc1. The molecule has 1 amide bonds. The van der Waals surface area contributed by atoms with Gasteiger partial charge in [0.15, 0.2) is 0 Å². The standard InChI is InChI=1S/C17H26N2O/c1-12(2)15-6-5-11-19(15)16(20)17(3,4)13-7-9-14(18)10-8-13/h7-10,12,15H,5-6,11,18H2,1-4H3. The van der Waals surface area contributed by atoms with Crippen molar-refractivity contribution in [3.63, 3.8) is 0 Å². The van der Waals surface area contributed by atoms with Crippen LogP contribution in [0.15, 0.2) is 24.3 Å². The lowest BCUT2D eigenvalue weighted by molar-refractivity contribution is -0.137. The maximum absolute atomic E-state index is 13.0. The minimum absolute atomic E-state index is 0.235. The van der Waals surface area contributed by atoms with Gasteiger partial charge in [-0.05, 0) is 50.3 Å². The smallest absolute Gasteiger partial charge is 0.232 e. The van der Waals surface area contributed by atoms with Crippen LogP contribution in [-0.4, -0.2) is 23.4 Å². The normalized spacial score (nSPS) is 19.6. The highest BCUT2D eigenvalue weighted by Crippen LogP contribution is 2.32. The van der Waals surface area contributed by atoms with E-state index in [9.17, 15) is 4.79 Å². The molecule has 0 aromatic heterocycles. The Morgan fingerprint density at radius 2 is 1.90 bits per heavy atom. The Hall–Kier alpha value is -1.51. The third-order valence-corrected chi connectivity index (χ3v) is 4.50. The number of carbonyl (C=O) groups is 1. The highest BCUT2D eigenvalue weighted by molar-refractivity contribution is 5.88. The minimum Gasteiger partial charge on any atom is -0.399 e. The van der Waals surface area contributed by atoms with Crippen LogP contribution in [0.4, 0.5) is 5.69 Å². The monoisotopic (exact) mass is 274 g/mol. The summed E-state index contributed by atoms with van der Waals surface area (Å²) in [5.74, 6) is 0.752. The fraction of sp³-hybridized carbons (Fsp3) is 0.588. The number of rotatable bonds is 3. The lowest BCUT2D eigenvalue weighted by Gasteiger charge is -2.35. The van der Waals surface area contributed by atoms with E-state index in [4.69, 9.17) is 5.73 Å². The summed E-state index contributed by atoms with van der Waals surface area (Å²) in [6.45, 7) is 9.31. The number of carbonyl (C=O) groups excluding carboxylic acids is 1. The number of nitrogens with two attached hydrogens (primary N) is 1. The van der Waals surface area contributed by atoms with E-state index >= 15 is 0 Å². The van der Waals surface area contributed by atoms with Gasteiger partial charge in [0.25, 0.3) is 0 Å². The number of nitrogen functional groups attached to an aromatic ring is 1. The molecule has 1 aromatic rings. The summed E-state index contributed by atoms with van der Waals surface area (Å²) in [5.41, 5.74) is 7.01. The lowest BCUT2D eigenvalue weighted by Crippen LogP contribution is -2.47. The topological polar surface area (TPSA) is 46.3 Å². The first-order chi connectivity index (χ1) is 9.34. The van der Waals surface area contributed by atoms with Gasteiger partial charge in [-0.25, -0.2) is 0 Å². The molecule has 3 nitrogen and oxygen atoms in total. The Balaban J connectivity index is 2.24. The van der Waals surface area contributed by atoms with Crippen molar-refractivity contribution >= 4 is 11.6 Å². The molecule has 1 aromatic carbocycles. The fourth-order valence-electron chi connectivity index (χ4n) is 3.12. The average Bonchev–Trinajstić information content (AvgIpc) is 2.87. The van der Waals surface area contributed by atoms with E-state index in [1.165, 1.54) is 0 Å². The van der Waals surface area contributed by atoms with Gasteiger partial charge in [-0.1, -0.05) is 26.0 Å². The molecule has 1 unspecified atom stereocenters. The maximum Gasteiger partial charge on any atom is 0.232 e. The molecule has 20 heavy (non-hydrogen) atoms. The van der Waals surface area contributed by atoms with E-state index in [1.807, 2.05) is 38.1 Å². The second kappa shape index (κ2) is 5.47. The summed E-state index contributed by atoms with van der Waals surface area (Å²) in [6.07, 6.45) is 2.24. The quantitative estimate of drug-likeness (QED) is 0.860. The molecule has 0 bridgehead atoms. The van der Waals surface area contributed by atoms with Crippen molar-refractivity contribution in [2.24, 2.45) is 5.92 Å². The average molecular weight is 274 g/mol. The molecule has 0 saturated carbocycles. The molecule has 3 heteroatoms. The summed E-state index contributed by atoms with van der Waals surface area (Å²) < 4.78 is 0. The van der Waals surface area contributed by atoms with E-state index in [2.05, 4.69) is 18.7 Å². The van der Waals surface area contributed by atoms with Crippen molar-refractivity contribution in [1.29, 1.82) is 0 Å². The zero-order chi connectivity index (χ0) is 14.9. The summed E-state index contributed by atoms with van der Waals surface area (Å²) in [7, 11) is 0. The van der Waals surface area contributed by atoms with E-state index in [0.29, 0.717) is 12.0 Å². The number of likely N-dealkylation sites (tertiary alicyclic amines) is 1. The van der Waals surface area contributed by atoms with Gasteiger partial charge >= 0.3 is 0 Å². The van der Waals surface area contributed by atoms with Crippen molar-refractivity contribution < 1.29 is 4.79 Å². The first-order valence-corrected chi connectivity index (χ1v) is 7.51. The van der Waals surface area contributed by atoms with Crippen LogP contribution in [0.25, 0.3) is 0 Å². The highest BCUT2D eigenvalue weighted by Gasteiger charge is 2.39. The molecular formula is C17H26N2O. The molecule has 1 aliphatic heterocycles. The zero-order valence-electron chi connectivity index (χ0n) is 13.0. The van der Waals surface area contributed by atoms with Crippen LogP contribution in [-0.2, 0) is 10.2 Å². The molecule has 1 atom stereocenters. The molecule has 2 rings (SSSR count). The molecule has 0 spiro atoms. The van der Waals surface area contributed by atoms with Gasteiger partial charge in [-0.3, -0.25) is 4.79 Å². The van der Waals surface area contributed by atoms with Crippen molar-refractivity contribution in [2.75, 3.05) is 12.3 Å². The second-order valence-corrected chi connectivity index (χ2v) is 6.70. The Morgan fingerprint density at radius 1 is 1.30 bits per heavy atom. The van der Waals surface area contributed by atoms with Crippen molar-refractivity contribution in [3.05, 3.63) is 29.8 Å². The third kappa shape index (κ3) is 2.67. The molecular weight excluding hydrogens is 248 g/mol. The van der Waals surface area contributed by atoms with Crippen LogP contribution < -0.4 is 5.73 Å². The van der Waals surface area contributed by atoms with E-state index in [-0.39, 0.29) is 5.91 Å². The lowest BCUT2D eigenvalue weighted by atomic mass is 9.82. The predicted molar refractivity (Wildman–Crippen MR) is 83.5 cm³/mol. The molecule has 1 heterocycles. The third-order valence-electron chi connectivity index (χ3n) is 4.50. The molecule has 0 aliphatic carbocycles. The number of hydrogen-bond donors (Lipinski definition) is 1. The van der Waals surface area contributed by atoms with Crippen LogP contribution in [0, 0.1) is 5.92 Å². The van der Waals surface area contributed by atoms with Crippen LogP contribution in [0.5, 0.6) is 0 Å². The van der Waals surface area contributed by atoms with Crippen LogP contribution in [0.1, 0.15) is 46.1 Å². The summed E-state index contributed by atoms with van der Waals surface area (Å²) >= 11 is 0. The Labute approximate surface area is 122 Å². The Kier molecular flexibility index (Phi) is 4.07. The molecule has 110 valence electrons. The number of hydrogen-bond acceptors (Lipinski definition) is 2. The van der Waals surface area contributed by atoms with E-state index < -0.39 is 5.41 Å². The van der Waals surface area contributed by atoms with Gasteiger partial charge in [0, 0.05) is 18.3 Å². The second-order valence-electron chi connectivity index (χ2n) is 6.70. The number of benzene rings is 1. The fourth-order valence-corrected chi connectivity index (χ4v) is 3.12. The largest absolute Gasteiger partial charge is 0.399 e. The van der Waals surface area contributed by atoms with Crippen LogP contribution >= 0.6 is 0 Å². The number of anilines is 1. The van der Waals surface area contributed by atoms with Crippen molar-refractivity contribution in [1.82, 2.24) is 4.90 Å². The van der Waals surface area contributed by atoms with Gasteiger partial charge in [0.05, 0.1) is 5.41 Å². The van der Waals surface area contributed by atoms with Crippen LogP contribution in [0.2, 0.25) is 0 Å². The Bertz CT molecular complexity index is 476. The number of nitrogens with zero attached hydrogens (tertiary/aromatic N) is 1. The predicted octanol–water partition coefficient (Wildman–Crippen LogP) is 3.19. The highest BCUT2D eigenvalue weighted by atomic mass is 16.2.